The van der Waals surface area contributed by atoms with E-state index in [0.717, 1.165) is 5.56 Å². The van der Waals surface area contributed by atoms with Gasteiger partial charge in [0.15, 0.2) is 11.5 Å². The molecule has 6 heteroatoms. The van der Waals surface area contributed by atoms with E-state index in [1.54, 1.807) is 18.2 Å². The standard InChI is InChI=1S/C21H24O6/c1-26-20-17-11-13(19(25)21(20)27-2)10-15(23)7-6-14(22)5-3-12-4-8-18(24)16(17)9-12/h4,8-9,11,15,23-25H,3,5-7,10H2,1-2H3/t15-/m0/s1. The highest BCUT2D eigenvalue weighted by Gasteiger charge is 2.24. The summed E-state index contributed by atoms with van der Waals surface area (Å²) in [5.74, 6) is 0.458. The van der Waals surface area contributed by atoms with Crippen LogP contribution in [0.3, 0.4) is 0 Å². The number of carbonyl (C=O) groups is 1. The van der Waals surface area contributed by atoms with Crippen LogP contribution in [0.15, 0.2) is 24.3 Å². The molecular weight excluding hydrogens is 348 g/mol. The Labute approximate surface area is 158 Å². The Morgan fingerprint density at radius 3 is 2.41 bits per heavy atom. The number of ether oxygens (including phenoxy) is 2. The van der Waals surface area contributed by atoms with Gasteiger partial charge >= 0.3 is 0 Å². The van der Waals surface area contributed by atoms with Gasteiger partial charge in [-0.1, -0.05) is 6.07 Å². The molecule has 0 amide bonds. The summed E-state index contributed by atoms with van der Waals surface area (Å²) in [7, 11) is 2.88. The number of aryl methyl sites for hydroxylation is 1. The fourth-order valence-corrected chi connectivity index (χ4v) is 3.48. The molecule has 3 rings (SSSR count). The number of carbonyl (C=O) groups excluding carboxylic acids is 1. The zero-order valence-corrected chi connectivity index (χ0v) is 15.5. The number of phenols is 2. The van der Waals surface area contributed by atoms with Crippen molar-refractivity contribution in [1.82, 2.24) is 0 Å². The molecule has 3 N–H and O–H groups in total. The highest BCUT2D eigenvalue weighted by molar-refractivity contribution is 5.82. The van der Waals surface area contributed by atoms with Crippen molar-refractivity contribution in [1.29, 1.82) is 0 Å². The summed E-state index contributed by atoms with van der Waals surface area (Å²) in [5.41, 5.74) is 2.45. The van der Waals surface area contributed by atoms with E-state index in [0.29, 0.717) is 41.7 Å². The van der Waals surface area contributed by atoms with Crippen LogP contribution >= 0.6 is 0 Å². The van der Waals surface area contributed by atoms with Crippen LogP contribution in [-0.2, 0) is 17.6 Å². The summed E-state index contributed by atoms with van der Waals surface area (Å²) in [4.78, 5) is 12.1. The van der Waals surface area contributed by atoms with Gasteiger partial charge < -0.3 is 24.8 Å². The van der Waals surface area contributed by atoms with Crippen molar-refractivity contribution in [2.24, 2.45) is 0 Å². The van der Waals surface area contributed by atoms with Crippen molar-refractivity contribution in [3.8, 4) is 34.1 Å². The highest BCUT2D eigenvalue weighted by atomic mass is 16.5. The number of ketones is 1. The first kappa shape index (κ1) is 19.0. The second kappa shape index (κ2) is 7.88. The van der Waals surface area contributed by atoms with Gasteiger partial charge in [0.2, 0.25) is 5.75 Å². The number of methoxy groups -OCH3 is 2. The third kappa shape index (κ3) is 3.85. The summed E-state index contributed by atoms with van der Waals surface area (Å²) in [6, 6.07) is 6.88. The second-order valence-electron chi connectivity index (χ2n) is 6.79. The Morgan fingerprint density at radius 2 is 1.70 bits per heavy atom. The zero-order valence-electron chi connectivity index (χ0n) is 15.5. The molecule has 1 atom stereocenters. The first-order chi connectivity index (χ1) is 12.9. The fourth-order valence-electron chi connectivity index (χ4n) is 3.48. The van der Waals surface area contributed by atoms with Crippen molar-refractivity contribution in [2.75, 3.05) is 14.2 Å². The van der Waals surface area contributed by atoms with Crippen LogP contribution in [0, 0.1) is 0 Å². The number of hydrogen-bond acceptors (Lipinski definition) is 6. The van der Waals surface area contributed by atoms with Gasteiger partial charge in [0.1, 0.15) is 11.5 Å². The number of fused-ring (bicyclic) bond motifs is 5. The molecule has 1 aliphatic rings. The van der Waals surface area contributed by atoms with Gasteiger partial charge in [0.25, 0.3) is 0 Å². The molecule has 27 heavy (non-hydrogen) atoms. The summed E-state index contributed by atoms with van der Waals surface area (Å²) in [6.45, 7) is 0. The van der Waals surface area contributed by atoms with Crippen LogP contribution in [0.5, 0.6) is 23.0 Å². The van der Waals surface area contributed by atoms with Crippen molar-refractivity contribution < 1.29 is 29.6 Å². The molecule has 144 valence electrons. The van der Waals surface area contributed by atoms with Crippen molar-refractivity contribution in [2.45, 2.75) is 38.2 Å². The number of Topliss-reactive ketones (excluding diaryl/α,β-unsaturated/α-hetero) is 1. The van der Waals surface area contributed by atoms with Crippen LogP contribution in [0.1, 0.15) is 30.4 Å². The monoisotopic (exact) mass is 372 g/mol. The average molecular weight is 372 g/mol. The Bertz CT molecular complexity index is 858. The smallest absolute Gasteiger partial charge is 0.203 e. The van der Waals surface area contributed by atoms with E-state index in [4.69, 9.17) is 9.47 Å². The van der Waals surface area contributed by atoms with Gasteiger partial charge in [-0.3, -0.25) is 4.79 Å². The molecule has 2 aromatic rings. The first-order valence-electron chi connectivity index (χ1n) is 8.93. The van der Waals surface area contributed by atoms with E-state index >= 15 is 0 Å². The number of aromatic hydroxyl groups is 2. The predicted molar refractivity (Wildman–Crippen MR) is 101 cm³/mol. The number of benzene rings is 2. The molecule has 0 radical (unpaired) electrons. The lowest BCUT2D eigenvalue weighted by Gasteiger charge is -2.19. The Balaban J connectivity index is 2.26. The third-order valence-corrected chi connectivity index (χ3v) is 4.95. The minimum atomic E-state index is -0.775. The maximum atomic E-state index is 12.1. The molecule has 4 bridgehead atoms. The molecule has 0 unspecified atom stereocenters. The lowest BCUT2D eigenvalue weighted by atomic mass is 9.95. The van der Waals surface area contributed by atoms with Gasteiger partial charge in [-0.05, 0) is 36.6 Å². The maximum absolute atomic E-state index is 12.1. The Hall–Kier alpha value is -2.73. The topological polar surface area (TPSA) is 96.2 Å². The van der Waals surface area contributed by atoms with Gasteiger partial charge in [0, 0.05) is 36.0 Å². The van der Waals surface area contributed by atoms with E-state index in [2.05, 4.69) is 0 Å². The lowest BCUT2D eigenvalue weighted by Crippen LogP contribution is -2.13. The largest absolute Gasteiger partial charge is 0.507 e. The molecule has 6 nitrogen and oxygen atoms in total. The molecule has 0 heterocycles. The summed E-state index contributed by atoms with van der Waals surface area (Å²) >= 11 is 0. The Morgan fingerprint density at radius 1 is 0.963 bits per heavy atom. The van der Waals surface area contributed by atoms with E-state index in [-0.39, 0.29) is 35.9 Å². The number of aliphatic hydroxyl groups is 1. The van der Waals surface area contributed by atoms with Crippen LogP contribution < -0.4 is 9.47 Å². The van der Waals surface area contributed by atoms with E-state index in [1.807, 2.05) is 6.07 Å². The maximum Gasteiger partial charge on any atom is 0.203 e. The number of aliphatic hydroxyl groups excluding tert-OH is 1. The summed E-state index contributed by atoms with van der Waals surface area (Å²) < 4.78 is 10.8. The van der Waals surface area contributed by atoms with Crippen molar-refractivity contribution in [3.05, 3.63) is 35.4 Å². The van der Waals surface area contributed by atoms with Crippen molar-refractivity contribution >= 4 is 5.78 Å². The lowest BCUT2D eigenvalue weighted by molar-refractivity contribution is -0.119. The van der Waals surface area contributed by atoms with Crippen LogP contribution in [0.2, 0.25) is 0 Å². The van der Waals surface area contributed by atoms with Crippen LogP contribution in [0.4, 0.5) is 0 Å². The fraction of sp³-hybridized carbons (Fsp3) is 0.381. The van der Waals surface area contributed by atoms with E-state index < -0.39 is 6.10 Å². The molecule has 0 aliphatic heterocycles. The number of rotatable bonds is 2. The zero-order chi connectivity index (χ0) is 19.6. The molecule has 0 aromatic heterocycles. The molecule has 2 aromatic carbocycles. The summed E-state index contributed by atoms with van der Waals surface area (Å²) in [6.07, 6.45) is 0.917. The highest BCUT2D eigenvalue weighted by Crippen LogP contribution is 2.48. The summed E-state index contributed by atoms with van der Waals surface area (Å²) in [5, 5.41) is 31.3. The predicted octanol–water partition coefficient (Wildman–Crippen LogP) is 2.98. The SMILES string of the molecule is COc1c2cc(c(O)c1OC)C[C@@H](O)CCC(=O)CCc1ccc(O)c-2c1. The number of hydrogen-bond donors (Lipinski definition) is 3. The molecule has 1 aliphatic carbocycles. The van der Waals surface area contributed by atoms with Gasteiger partial charge in [-0.2, -0.15) is 0 Å². The normalized spacial score (nSPS) is 17.4. The Kier molecular flexibility index (Phi) is 5.56. The molecule has 0 saturated carbocycles. The van der Waals surface area contributed by atoms with Crippen molar-refractivity contribution in [3.63, 3.8) is 0 Å². The molecule has 0 spiro atoms. The molecule has 0 saturated heterocycles. The third-order valence-electron chi connectivity index (χ3n) is 4.95. The first-order valence-corrected chi connectivity index (χ1v) is 8.93. The van der Waals surface area contributed by atoms with E-state index in [1.165, 1.54) is 14.2 Å². The second-order valence-corrected chi connectivity index (χ2v) is 6.79. The van der Waals surface area contributed by atoms with Gasteiger partial charge in [-0.25, -0.2) is 0 Å². The molecular formula is C21H24O6. The quantitative estimate of drug-likeness (QED) is 0.750. The van der Waals surface area contributed by atoms with Gasteiger partial charge in [0.05, 0.1) is 20.3 Å². The van der Waals surface area contributed by atoms with Crippen LogP contribution in [0.25, 0.3) is 11.1 Å². The average Bonchev–Trinajstić information content (AvgIpc) is 2.66. The van der Waals surface area contributed by atoms with E-state index in [9.17, 15) is 20.1 Å². The number of phenolic OH excluding ortho intramolecular Hbond substituents is 2. The van der Waals surface area contributed by atoms with Gasteiger partial charge in [-0.15, -0.1) is 0 Å². The van der Waals surface area contributed by atoms with Crippen LogP contribution in [-0.4, -0.2) is 41.4 Å². The minimum absolute atomic E-state index is 0.0532. The molecule has 0 fully saturated rings. The minimum Gasteiger partial charge on any atom is -0.507 e.